The molecule has 0 aliphatic heterocycles. The predicted octanol–water partition coefficient (Wildman–Crippen LogP) is 8.12. The van der Waals surface area contributed by atoms with Crippen LogP contribution in [0.5, 0.6) is 0 Å². The molecule has 198 valence electrons. The van der Waals surface area contributed by atoms with E-state index in [2.05, 4.69) is 93.0 Å². The summed E-state index contributed by atoms with van der Waals surface area (Å²) in [5.41, 5.74) is 7.77. The van der Waals surface area contributed by atoms with Gasteiger partial charge in [-0.15, -0.1) is 47.5 Å². The van der Waals surface area contributed by atoms with Crippen LogP contribution in [0.2, 0.25) is 0 Å². The Kier molecular flexibility index (Phi) is 6.38. The summed E-state index contributed by atoms with van der Waals surface area (Å²) >= 11 is 1.68. The van der Waals surface area contributed by atoms with E-state index in [0.717, 1.165) is 70.9 Å². The topological polar surface area (TPSA) is 48.5 Å². The first-order valence-corrected chi connectivity index (χ1v) is 13.8. The summed E-state index contributed by atoms with van der Waals surface area (Å²) in [4.78, 5) is 14.3. The van der Waals surface area contributed by atoms with Crippen LogP contribution >= 0.6 is 11.3 Å². The second kappa shape index (κ2) is 10.2. The molecule has 0 saturated heterocycles. The third kappa shape index (κ3) is 4.22. The summed E-state index contributed by atoms with van der Waals surface area (Å²) in [6.45, 7) is 0. The molecule has 0 saturated carbocycles. The number of imidazole rings is 1. The third-order valence-electron chi connectivity index (χ3n) is 7.25. The van der Waals surface area contributed by atoms with Gasteiger partial charge in [-0.3, -0.25) is 4.98 Å². The smallest absolute Gasteiger partial charge is 0.346 e. The van der Waals surface area contributed by atoms with Crippen molar-refractivity contribution in [1.29, 1.82) is 0 Å². The number of nitrogens with zero attached hydrogens (tertiary/aromatic N) is 5. The largest absolute Gasteiger partial charge is 2.00 e. The molecule has 41 heavy (non-hydrogen) atoms. The van der Waals surface area contributed by atoms with E-state index in [1.807, 2.05) is 49.9 Å². The number of aromatic nitrogens is 5. The number of aryl methyl sites for hydroxylation is 1. The number of pyridine rings is 1. The number of fused-ring (bicyclic) bond motifs is 4. The molecule has 0 amide bonds. The van der Waals surface area contributed by atoms with Gasteiger partial charge in [-0.2, -0.15) is 11.3 Å². The quantitative estimate of drug-likeness (QED) is 0.172. The van der Waals surface area contributed by atoms with Gasteiger partial charge >= 0.3 is 21.1 Å². The molecule has 0 bridgehead atoms. The summed E-state index contributed by atoms with van der Waals surface area (Å²) in [6, 6.07) is 38.6. The van der Waals surface area contributed by atoms with Crippen molar-refractivity contribution >= 4 is 43.4 Å². The van der Waals surface area contributed by atoms with Crippen LogP contribution in [0.4, 0.5) is 0 Å². The van der Waals surface area contributed by atoms with E-state index in [4.69, 9.17) is 9.97 Å². The summed E-state index contributed by atoms with van der Waals surface area (Å²) in [5, 5.41) is 3.18. The van der Waals surface area contributed by atoms with Crippen LogP contribution in [0, 0.1) is 12.1 Å². The number of hydrogen-bond donors (Lipinski definition) is 0. The van der Waals surface area contributed by atoms with Gasteiger partial charge in [-0.1, -0.05) is 53.4 Å². The molecule has 4 aromatic heterocycles. The van der Waals surface area contributed by atoms with Crippen LogP contribution in [-0.4, -0.2) is 24.1 Å². The first-order valence-electron chi connectivity index (χ1n) is 13.0. The zero-order chi connectivity index (χ0) is 26.6. The fourth-order valence-corrected chi connectivity index (χ4v) is 6.37. The summed E-state index contributed by atoms with van der Waals surface area (Å²) < 4.78 is 5.44. The first-order chi connectivity index (χ1) is 19.7. The SMILES string of the molecule is Cn1ccnc1-c1cc2c3ccccc3n(-c3[c-]c(-c4ccccn4)ccc3)c2[c-]c1-c1nc2ccccc2s1.[Pt+2]. The van der Waals surface area contributed by atoms with Gasteiger partial charge in [-0.25, -0.2) is 4.98 Å². The zero-order valence-electron chi connectivity index (χ0n) is 21.9. The van der Waals surface area contributed by atoms with E-state index < -0.39 is 0 Å². The molecular formula is C34H21N5PtS. The van der Waals surface area contributed by atoms with Gasteiger partial charge in [0.25, 0.3) is 0 Å². The molecular weight excluding hydrogens is 706 g/mol. The maximum Gasteiger partial charge on any atom is 2.00 e. The molecule has 8 rings (SSSR count). The van der Waals surface area contributed by atoms with E-state index in [0.29, 0.717) is 0 Å². The van der Waals surface area contributed by atoms with Crippen LogP contribution in [0.25, 0.3) is 70.9 Å². The third-order valence-corrected chi connectivity index (χ3v) is 8.30. The molecule has 0 spiro atoms. The van der Waals surface area contributed by atoms with Crippen LogP contribution < -0.4 is 0 Å². The van der Waals surface area contributed by atoms with Gasteiger partial charge in [0.1, 0.15) is 0 Å². The number of hydrogen-bond acceptors (Lipinski definition) is 4. The van der Waals surface area contributed by atoms with Crippen molar-refractivity contribution in [3.05, 3.63) is 122 Å². The van der Waals surface area contributed by atoms with E-state index in [9.17, 15) is 0 Å². The maximum absolute atomic E-state index is 5.02. The number of benzene rings is 4. The van der Waals surface area contributed by atoms with Crippen LogP contribution in [0.1, 0.15) is 0 Å². The minimum absolute atomic E-state index is 0. The number of para-hydroxylation sites is 2. The Balaban J connectivity index is 0.00000276. The summed E-state index contributed by atoms with van der Waals surface area (Å²) in [5.74, 6) is 0.882. The molecule has 8 aromatic rings. The van der Waals surface area contributed by atoms with E-state index in [1.54, 1.807) is 11.3 Å². The zero-order valence-corrected chi connectivity index (χ0v) is 24.9. The monoisotopic (exact) mass is 726 g/mol. The first kappa shape index (κ1) is 25.6. The van der Waals surface area contributed by atoms with Gasteiger partial charge in [-0.05, 0) is 46.5 Å². The van der Waals surface area contributed by atoms with Crippen LogP contribution in [-0.2, 0) is 28.1 Å². The standard InChI is InChI=1S/C34H21N5S.Pt/c1-38-18-17-36-33(38)26-20-25-24-11-2-4-14-30(24)39(23-10-8-9-22(19-23)28-12-6-7-16-35-28)31(25)21-27(26)34-37-29-13-3-5-15-32(29)40-34;/h2-18,20H,1H3;/q-2;+2. The minimum atomic E-state index is 0. The van der Waals surface area contributed by atoms with Gasteiger partial charge in [0.15, 0.2) is 0 Å². The summed E-state index contributed by atoms with van der Waals surface area (Å²) in [6.07, 6.45) is 5.62. The van der Waals surface area contributed by atoms with Crippen molar-refractivity contribution in [3.63, 3.8) is 0 Å². The number of thiazole rings is 1. The van der Waals surface area contributed by atoms with Crippen molar-refractivity contribution in [2.75, 3.05) is 0 Å². The van der Waals surface area contributed by atoms with Crippen molar-refractivity contribution in [1.82, 2.24) is 24.1 Å². The molecule has 0 radical (unpaired) electrons. The van der Waals surface area contributed by atoms with E-state index in [-0.39, 0.29) is 21.1 Å². The Morgan fingerprint density at radius 3 is 2.46 bits per heavy atom. The van der Waals surface area contributed by atoms with Gasteiger partial charge in [0.2, 0.25) is 0 Å². The van der Waals surface area contributed by atoms with Crippen molar-refractivity contribution < 1.29 is 21.1 Å². The van der Waals surface area contributed by atoms with Gasteiger partial charge < -0.3 is 14.1 Å². The van der Waals surface area contributed by atoms with Crippen LogP contribution in [0.15, 0.2) is 110 Å². The van der Waals surface area contributed by atoms with Gasteiger partial charge in [0.05, 0.1) is 11.3 Å². The second-order valence-electron chi connectivity index (χ2n) is 9.69. The fourth-order valence-electron chi connectivity index (χ4n) is 5.39. The average Bonchev–Trinajstić information content (AvgIpc) is 3.72. The van der Waals surface area contributed by atoms with Gasteiger partial charge in [0, 0.05) is 40.9 Å². The Bertz CT molecular complexity index is 2160. The second-order valence-corrected chi connectivity index (χ2v) is 10.7. The van der Waals surface area contributed by atoms with Crippen LogP contribution in [0.3, 0.4) is 0 Å². The number of rotatable bonds is 4. The molecule has 5 nitrogen and oxygen atoms in total. The molecule has 0 atom stereocenters. The molecule has 0 unspecified atom stereocenters. The molecule has 0 N–H and O–H groups in total. The van der Waals surface area contributed by atoms with Crippen molar-refractivity contribution in [2.45, 2.75) is 0 Å². The Morgan fingerprint density at radius 2 is 1.63 bits per heavy atom. The molecule has 0 aliphatic rings. The van der Waals surface area contributed by atoms with Crippen molar-refractivity contribution in [3.8, 4) is 38.9 Å². The Morgan fingerprint density at radius 1 is 0.780 bits per heavy atom. The molecule has 7 heteroatoms. The van der Waals surface area contributed by atoms with E-state index >= 15 is 0 Å². The molecule has 0 fully saturated rings. The van der Waals surface area contributed by atoms with E-state index in [1.165, 1.54) is 0 Å². The molecule has 0 aliphatic carbocycles. The predicted molar refractivity (Wildman–Crippen MR) is 162 cm³/mol. The minimum Gasteiger partial charge on any atom is -0.346 e. The maximum atomic E-state index is 5.02. The molecule has 4 heterocycles. The normalized spacial score (nSPS) is 11.3. The Labute approximate surface area is 255 Å². The summed E-state index contributed by atoms with van der Waals surface area (Å²) in [7, 11) is 2.02. The average molecular weight is 727 g/mol. The Hall–Kier alpha value is -4.38. The molecule has 4 aromatic carbocycles. The van der Waals surface area contributed by atoms with Crippen molar-refractivity contribution in [2.24, 2.45) is 7.05 Å². The fraction of sp³-hybridized carbons (Fsp3) is 0.0294.